The molecule has 0 aromatic heterocycles. The summed E-state index contributed by atoms with van der Waals surface area (Å²) in [5, 5.41) is 1.59. The molecule has 2 aromatic rings. The first kappa shape index (κ1) is 15.4. The van der Waals surface area contributed by atoms with Crippen LogP contribution in [0.25, 0.3) is 10.8 Å². The van der Waals surface area contributed by atoms with Crippen molar-refractivity contribution in [3.05, 3.63) is 36.4 Å². The highest BCUT2D eigenvalue weighted by Gasteiger charge is 2.37. The van der Waals surface area contributed by atoms with E-state index >= 15 is 0 Å². The average Bonchev–Trinajstić information content (AvgIpc) is 2.79. The van der Waals surface area contributed by atoms with Crippen LogP contribution in [-0.4, -0.2) is 63.9 Å². The third kappa shape index (κ3) is 2.27. The normalized spacial score (nSPS) is 19.9. The van der Waals surface area contributed by atoms with Crippen LogP contribution in [0.5, 0.6) is 0 Å². The summed E-state index contributed by atoms with van der Waals surface area (Å²) in [5.41, 5.74) is 0.602. The number of piperazine rings is 1. The van der Waals surface area contributed by atoms with Crippen molar-refractivity contribution in [1.29, 1.82) is 0 Å². The number of anilines is 1. The predicted octanol–water partition coefficient (Wildman–Crippen LogP) is 1.12. The molecule has 7 heteroatoms. The minimum absolute atomic E-state index is 0.139. The fourth-order valence-electron chi connectivity index (χ4n) is 3.41. The summed E-state index contributed by atoms with van der Waals surface area (Å²) in [5.74, 6) is -0.142. The van der Waals surface area contributed by atoms with Crippen molar-refractivity contribution in [3.8, 4) is 0 Å². The maximum Gasteiger partial charge on any atom is 0.265 e. The molecule has 1 saturated heterocycles. The van der Waals surface area contributed by atoms with Gasteiger partial charge in [0.15, 0.2) is 0 Å². The minimum atomic E-state index is -3.67. The van der Waals surface area contributed by atoms with Gasteiger partial charge in [-0.3, -0.25) is 9.10 Å². The van der Waals surface area contributed by atoms with E-state index in [4.69, 9.17) is 0 Å². The number of carbonyl (C=O) groups excluding carboxylic acids is 1. The van der Waals surface area contributed by atoms with Crippen molar-refractivity contribution < 1.29 is 13.2 Å². The van der Waals surface area contributed by atoms with Crippen molar-refractivity contribution in [2.75, 3.05) is 44.1 Å². The first-order valence-electron chi connectivity index (χ1n) is 7.99. The molecule has 1 fully saturated rings. The highest BCUT2D eigenvalue weighted by molar-refractivity contribution is 7.93. The monoisotopic (exact) mass is 345 g/mol. The van der Waals surface area contributed by atoms with Gasteiger partial charge in [-0.15, -0.1) is 0 Å². The van der Waals surface area contributed by atoms with E-state index in [9.17, 15) is 13.2 Å². The molecule has 0 unspecified atom stereocenters. The van der Waals surface area contributed by atoms with Crippen LogP contribution in [0.2, 0.25) is 0 Å². The molecule has 6 nitrogen and oxygen atoms in total. The highest BCUT2D eigenvalue weighted by Crippen LogP contribution is 2.41. The SMILES string of the molecule is CN1CCN(C(=O)CN2c3cccc4cccc(c34)S2(=O)=O)CC1. The molecule has 0 atom stereocenters. The Morgan fingerprint density at radius 2 is 1.71 bits per heavy atom. The lowest BCUT2D eigenvalue weighted by molar-refractivity contribution is -0.131. The van der Waals surface area contributed by atoms with Crippen molar-refractivity contribution in [2.24, 2.45) is 0 Å². The van der Waals surface area contributed by atoms with Crippen molar-refractivity contribution >= 4 is 32.4 Å². The molecule has 0 N–H and O–H groups in total. The van der Waals surface area contributed by atoms with Crippen LogP contribution < -0.4 is 4.31 Å². The quantitative estimate of drug-likeness (QED) is 0.818. The van der Waals surface area contributed by atoms with E-state index in [1.807, 2.05) is 25.2 Å². The molecule has 2 aliphatic rings. The first-order valence-corrected chi connectivity index (χ1v) is 9.43. The van der Waals surface area contributed by atoms with Gasteiger partial charge in [-0.1, -0.05) is 24.3 Å². The third-order valence-electron chi connectivity index (χ3n) is 4.82. The Balaban J connectivity index is 1.67. The van der Waals surface area contributed by atoms with Crippen LogP contribution in [0.15, 0.2) is 41.3 Å². The van der Waals surface area contributed by atoms with Gasteiger partial charge in [-0.2, -0.15) is 0 Å². The zero-order valence-electron chi connectivity index (χ0n) is 13.5. The highest BCUT2D eigenvalue weighted by atomic mass is 32.2. The van der Waals surface area contributed by atoms with Gasteiger partial charge in [-0.25, -0.2) is 8.42 Å². The molecule has 0 spiro atoms. The zero-order chi connectivity index (χ0) is 16.9. The molecule has 0 saturated carbocycles. The second kappa shape index (κ2) is 5.46. The van der Waals surface area contributed by atoms with Crippen LogP contribution >= 0.6 is 0 Å². The zero-order valence-corrected chi connectivity index (χ0v) is 14.3. The Hall–Kier alpha value is -2.12. The van der Waals surface area contributed by atoms with E-state index in [1.54, 1.807) is 23.1 Å². The van der Waals surface area contributed by atoms with E-state index in [2.05, 4.69) is 4.90 Å². The number of amides is 1. The molecule has 4 rings (SSSR count). The number of sulfonamides is 1. The topological polar surface area (TPSA) is 60.9 Å². The fourth-order valence-corrected chi connectivity index (χ4v) is 5.07. The molecule has 126 valence electrons. The second-order valence-corrected chi connectivity index (χ2v) is 8.16. The fraction of sp³-hybridized carbons (Fsp3) is 0.353. The second-order valence-electron chi connectivity index (χ2n) is 6.33. The smallest absolute Gasteiger partial charge is 0.265 e. The largest absolute Gasteiger partial charge is 0.339 e. The lowest BCUT2D eigenvalue weighted by Gasteiger charge is -2.33. The number of carbonyl (C=O) groups is 1. The van der Waals surface area contributed by atoms with Gasteiger partial charge in [0.25, 0.3) is 10.0 Å². The number of hydrogen-bond donors (Lipinski definition) is 0. The van der Waals surface area contributed by atoms with Gasteiger partial charge in [-0.05, 0) is 24.6 Å². The molecule has 0 aliphatic carbocycles. The molecule has 24 heavy (non-hydrogen) atoms. The number of benzene rings is 2. The lowest BCUT2D eigenvalue weighted by atomic mass is 10.1. The van der Waals surface area contributed by atoms with Crippen molar-refractivity contribution in [3.63, 3.8) is 0 Å². The average molecular weight is 345 g/mol. The molecule has 2 aromatic carbocycles. The summed E-state index contributed by atoms with van der Waals surface area (Å²) in [6, 6.07) is 10.7. The van der Waals surface area contributed by atoms with Crippen LogP contribution in [-0.2, 0) is 14.8 Å². The van der Waals surface area contributed by atoms with Gasteiger partial charge < -0.3 is 9.80 Å². The Bertz CT molecular complexity index is 913. The summed E-state index contributed by atoms with van der Waals surface area (Å²) in [6.45, 7) is 2.77. The van der Waals surface area contributed by atoms with Gasteiger partial charge in [0.05, 0.1) is 10.6 Å². The Labute approximate surface area is 141 Å². The summed E-state index contributed by atoms with van der Waals surface area (Å²) in [4.78, 5) is 16.8. The number of likely N-dealkylation sites (N-methyl/N-ethyl adjacent to an activating group) is 1. The minimum Gasteiger partial charge on any atom is -0.339 e. The molecule has 2 aliphatic heterocycles. The number of rotatable bonds is 2. The van der Waals surface area contributed by atoms with Crippen molar-refractivity contribution in [1.82, 2.24) is 9.80 Å². The van der Waals surface area contributed by atoms with Crippen LogP contribution in [0.4, 0.5) is 5.69 Å². The first-order chi connectivity index (χ1) is 11.5. The van der Waals surface area contributed by atoms with E-state index in [1.165, 1.54) is 4.31 Å². The van der Waals surface area contributed by atoms with Gasteiger partial charge in [0.1, 0.15) is 6.54 Å². The summed E-state index contributed by atoms with van der Waals surface area (Å²) in [6.07, 6.45) is 0. The van der Waals surface area contributed by atoms with Gasteiger partial charge >= 0.3 is 0 Å². The Morgan fingerprint density at radius 1 is 1.04 bits per heavy atom. The van der Waals surface area contributed by atoms with E-state index in [-0.39, 0.29) is 12.5 Å². The van der Waals surface area contributed by atoms with E-state index in [0.717, 1.165) is 18.5 Å². The predicted molar refractivity (Wildman–Crippen MR) is 92.6 cm³/mol. The Kier molecular flexibility index (Phi) is 3.51. The maximum absolute atomic E-state index is 12.9. The Morgan fingerprint density at radius 3 is 2.42 bits per heavy atom. The summed E-state index contributed by atoms with van der Waals surface area (Å²) in [7, 11) is -1.65. The number of nitrogens with zero attached hydrogens (tertiary/aromatic N) is 3. The molecule has 0 bridgehead atoms. The van der Waals surface area contributed by atoms with Crippen LogP contribution in [0.3, 0.4) is 0 Å². The van der Waals surface area contributed by atoms with Crippen molar-refractivity contribution in [2.45, 2.75) is 4.90 Å². The maximum atomic E-state index is 12.9. The molecule has 0 radical (unpaired) electrons. The lowest BCUT2D eigenvalue weighted by Crippen LogP contribution is -2.50. The summed E-state index contributed by atoms with van der Waals surface area (Å²) < 4.78 is 27.0. The molecular formula is C17H19N3O3S. The van der Waals surface area contributed by atoms with Crippen LogP contribution in [0.1, 0.15) is 0 Å². The van der Waals surface area contributed by atoms with Crippen LogP contribution in [0, 0.1) is 0 Å². The standard InChI is InChI=1S/C17H19N3O3S/c1-18-8-10-19(11-9-18)16(21)12-20-14-6-2-4-13-5-3-7-15(17(13)14)24(20,22)23/h2-7H,8-12H2,1H3. The molecule has 2 heterocycles. The van der Waals surface area contributed by atoms with E-state index in [0.29, 0.717) is 29.1 Å². The summed E-state index contributed by atoms with van der Waals surface area (Å²) >= 11 is 0. The number of hydrogen-bond acceptors (Lipinski definition) is 4. The third-order valence-corrected chi connectivity index (χ3v) is 6.62. The van der Waals surface area contributed by atoms with Gasteiger partial charge in [0.2, 0.25) is 5.91 Å². The molecule has 1 amide bonds. The van der Waals surface area contributed by atoms with E-state index < -0.39 is 10.0 Å². The molecular weight excluding hydrogens is 326 g/mol. The van der Waals surface area contributed by atoms with Gasteiger partial charge in [0, 0.05) is 31.6 Å².